The van der Waals surface area contributed by atoms with E-state index in [1.807, 2.05) is 6.08 Å². The van der Waals surface area contributed by atoms with Gasteiger partial charge in [0, 0.05) is 6.42 Å². The van der Waals surface area contributed by atoms with E-state index in [9.17, 15) is 13.2 Å². The summed E-state index contributed by atoms with van der Waals surface area (Å²) in [5.74, 6) is 0. The summed E-state index contributed by atoms with van der Waals surface area (Å²) in [6.07, 6.45) is 1.45. The fourth-order valence-corrected chi connectivity index (χ4v) is 0.882. The van der Waals surface area contributed by atoms with Crippen LogP contribution in [0.1, 0.15) is 32.1 Å². The summed E-state index contributed by atoms with van der Waals surface area (Å²) >= 11 is 0. The molecule has 0 unspecified atom stereocenters. The molecule has 0 aliphatic heterocycles. The maximum Gasteiger partial charge on any atom is 0.389 e. The quantitative estimate of drug-likeness (QED) is 0.561. The Labute approximate surface area is 71.5 Å². The maximum absolute atomic E-state index is 11.6. The van der Waals surface area contributed by atoms with Crippen molar-refractivity contribution in [2.45, 2.75) is 38.3 Å². The first-order chi connectivity index (χ1) is 5.56. The molecule has 12 heavy (non-hydrogen) atoms. The molecule has 0 fully saturated rings. The van der Waals surface area contributed by atoms with Gasteiger partial charge >= 0.3 is 6.18 Å². The zero-order chi connectivity index (χ0) is 9.45. The van der Waals surface area contributed by atoms with E-state index < -0.39 is 12.6 Å². The molecule has 0 bridgehead atoms. The predicted molar refractivity (Wildman–Crippen MR) is 43.6 cm³/mol. The molecule has 0 spiro atoms. The summed E-state index contributed by atoms with van der Waals surface area (Å²) in [5.41, 5.74) is 0. The van der Waals surface area contributed by atoms with E-state index in [0.717, 1.165) is 12.8 Å². The Morgan fingerprint density at radius 3 is 2.25 bits per heavy atom. The van der Waals surface area contributed by atoms with Crippen LogP contribution >= 0.6 is 0 Å². The molecule has 0 aliphatic rings. The Hall–Kier alpha value is -0.470. The highest BCUT2D eigenvalue weighted by Gasteiger charge is 2.25. The predicted octanol–water partition coefficient (Wildman–Crippen LogP) is 3.89. The third-order valence-electron chi connectivity index (χ3n) is 1.50. The molecule has 0 nitrogen and oxygen atoms in total. The normalized spacial score (nSPS) is 12.7. The van der Waals surface area contributed by atoms with E-state index in [2.05, 4.69) is 6.92 Å². The summed E-state index contributed by atoms with van der Waals surface area (Å²) in [7, 11) is 0. The Bertz CT molecular complexity index is 124. The highest BCUT2D eigenvalue weighted by atomic mass is 19.4. The van der Waals surface area contributed by atoms with Crippen molar-refractivity contribution in [3.05, 3.63) is 19.1 Å². The molecule has 0 saturated heterocycles. The van der Waals surface area contributed by atoms with E-state index >= 15 is 0 Å². The molecule has 1 radical (unpaired) electrons. The van der Waals surface area contributed by atoms with Gasteiger partial charge in [0.15, 0.2) is 0 Å². The lowest BCUT2D eigenvalue weighted by molar-refractivity contribution is -0.135. The van der Waals surface area contributed by atoms with E-state index in [1.165, 1.54) is 0 Å². The van der Waals surface area contributed by atoms with Gasteiger partial charge in [0.2, 0.25) is 0 Å². The number of unbranched alkanes of at least 4 members (excludes halogenated alkanes) is 3. The van der Waals surface area contributed by atoms with Gasteiger partial charge in [-0.3, -0.25) is 0 Å². The topological polar surface area (TPSA) is 0 Å². The highest BCUT2D eigenvalue weighted by Crippen LogP contribution is 2.22. The van der Waals surface area contributed by atoms with Crippen LogP contribution in [0.4, 0.5) is 13.2 Å². The summed E-state index contributed by atoms with van der Waals surface area (Å²) in [4.78, 5) is 0. The lowest BCUT2D eigenvalue weighted by atomic mass is 10.1. The molecule has 0 N–H and O–H groups in total. The molecule has 0 saturated carbocycles. The van der Waals surface area contributed by atoms with E-state index in [-0.39, 0.29) is 6.42 Å². The second-order valence-corrected chi connectivity index (χ2v) is 2.69. The Morgan fingerprint density at radius 2 is 1.75 bits per heavy atom. The van der Waals surface area contributed by atoms with Crippen LogP contribution in [-0.4, -0.2) is 6.18 Å². The summed E-state index contributed by atoms with van der Waals surface area (Å²) in [5, 5.41) is 0. The van der Waals surface area contributed by atoms with Crippen molar-refractivity contribution in [2.24, 2.45) is 0 Å². The van der Waals surface area contributed by atoms with Gasteiger partial charge in [-0.25, -0.2) is 0 Å². The molecule has 0 aromatic heterocycles. The van der Waals surface area contributed by atoms with Gasteiger partial charge in [-0.15, -0.1) is 0 Å². The molecule has 0 rings (SSSR count). The van der Waals surface area contributed by atoms with Crippen LogP contribution in [0.5, 0.6) is 0 Å². The van der Waals surface area contributed by atoms with Gasteiger partial charge in [0.25, 0.3) is 0 Å². The van der Waals surface area contributed by atoms with Crippen LogP contribution in [0.3, 0.4) is 0 Å². The van der Waals surface area contributed by atoms with Gasteiger partial charge in [-0.1, -0.05) is 18.6 Å². The minimum absolute atomic E-state index is 0.245. The van der Waals surface area contributed by atoms with Crippen molar-refractivity contribution < 1.29 is 13.2 Å². The van der Waals surface area contributed by atoms with Gasteiger partial charge in [0.05, 0.1) is 0 Å². The monoisotopic (exact) mass is 179 g/mol. The van der Waals surface area contributed by atoms with Gasteiger partial charge in [-0.2, -0.15) is 13.2 Å². The van der Waals surface area contributed by atoms with Crippen LogP contribution in [0.15, 0.2) is 12.2 Å². The summed E-state index contributed by atoms with van der Waals surface area (Å²) in [6.45, 7) is 3.48. The summed E-state index contributed by atoms with van der Waals surface area (Å²) in [6, 6.07) is 0. The Balaban J connectivity index is 3.11. The second-order valence-electron chi connectivity index (χ2n) is 2.69. The SMILES string of the molecule is [CH2]/C=C/CCCCCC(F)(F)F. The molecule has 0 atom stereocenters. The molecule has 3 heteroatoms. The smallest absolute Gasteiger partial charge is 0.171 e. The van der Waals surface area contributed by atoms with Gasteiger partial charge in [-0.05, 0) is 26.2 Å². The first-order valence-corrected chi connectivity index (χ1v) is 4.07. The molecule has 0 aliphatic carbocycles. The van der Waals surface area contributed by atoms with Crippen molar-refractivity contribution in [3.63, 3.8) is 0 Å². The van der Waals surface area contributed by atoms with Crippen LogP contribution in [0.25, 0.3) is 0 Å². The molecule has 0 aromatic carbocycles. The number of hydrogen-bond donors (Lipinski definition) is 0. The molecule has 71 valence electrons. The largest absolute Gasteiger partial charge is 0.389 e. The van der Waals surface area contributed by atoms with Crippen LogP contribution in [0.2, 0.25) is 0 Å². The van der Waals surface area contributed by atoms with E-state index in [0.29, 0.717) is 6.42 Å². The van der Waals surface area contributed by atoms with Crippen molar-refractivity contribution in [1.29, 1.82) is 0 Å². The lowest BCUT2D eigenvalue weighted by Crippen LogP contribution is -2.06. The standard InChI is InChI=1S/C9H14F3/c1-2-3-4-5-6-7-8-9(10,11)12/h2-3H,1,4-8H2/b3-2+. The molecular weight excluding hydrogens is 165 g/mol. The van der Waals surface area contributed by atoms with Crippen molar-refractivity contribution in [2.75, 3.05) is 0 Å². The first-order valence-electron chi connectivity index (χ1n) is 4.07. The number of rotatable bonds is 5. The minimum atomic E-state index is -3.98. The third-order valence-corrected chi connectivity index (χ3v) is 1.50. The molecule has 0 heterocycles. The highest BCUT2D eigenvalue weighted by molar-refractivity contribution is 4.83. The average molecular weight is 179 g/mol. The van der Waals surface area contributed by atoms with Gasteiger partial charge < -0.3 is 0 Å². The Kier molecular flexibility index (Phi) is 5.85. The van der Waals surface area contributed by atoms with Gasteiger partial charge in [0.1, 0.15) is 0 Å². The number of halogens is 3. The number of alkyl halides is 3. The number of allylic oxidation sites excluding steroid dienone is 2. The van der Waals surface area contributed by atoms with Crippen LogP contribution in [-0.2, 0) is 0 Å². The summed E-state index contributed by atoms with van der Waals surface area (Å²) < 4.78 is 34.8. The number of hydrogen-bond acceptors (Lipinski definition) is 0. The van der Waals surface area contributed by atoms with Crippen LogP contribution in [0, 0.1) is 6.92 Å². The van der Waals surface area contributed by atoms with Crippen molar-refractivity contribution >= 4 is 0 Å². The third kappa shape index (κ3) is 9.53. The minimum Gasteiger partial charge on any atom is -0.171 e. The molecular formula is C9H14F3. The second kappa shape index (κ2) is 6.09. The van der Waals surface area contributed by atoms with E-state index in [1.54, 1.807) is 6.08 Å². The van der Waals surface area contributed by atoms with Crippen LogP contribution < -0.4 is 0 Å². The lowest BCUT2D eigenvalue weighted by Gasteiger charge is -2.04. The first kappa shape index (κ1) is 11.5. The molecule has 0 aromatic rings. The van der Waals surface area contributed by atoms with Crippen molar-refractivity contribution in [3.8, 4) is 0 Å². The Morgan fingerprint density at radius 1 is 1.08 bits per heavy atom. The molecule has 0 amide bonds. The fourth-order valence-electron chi connectivity index (χ4n) is 0.882. The van der Waals surface area contributed by atoms with E-state index in [4.69, 9.17) is 0 Å². The fraction of sp³-hybridized carbons (Fsp3) is 0.667. The zero-order valence-corrected chi connectivity index (χ0v) is 7.03. The zero-order valence-electron chi connectivity index (χ0n) is 7.03. The maximum atomic E-state index is 11.6. The van der Waals surface area contributed by atoms with Crippen molar-refractivity contribution in [1.82, 2.24) is 0 Å². The average Bonchev–Trinajstić information content (AvgIpc) is 1.94.